The molecule has 0 unspecified atom stereocenters. The van der Waals surface area contributed by atoms with E-state index in [9.17, 15) is 9.59 Å². The van der Waals surface area contributed by atoms with Crippen molar-refractivity contribution in [1.29, 1.82) is 0 Å². The van der Waals surface area contributed by atoms with Gasteiger partial charge in [0, 0.05) is 25.5 Å². The van der Waals surface area contributed by atoms with E-state index in [1.165, 1.54) is 0 Å². The standard InChI is InChI=1S/C13H19N3O3/c1-2-19-13(18)11-5-3-7-15(9-11)12(17)10-16-8-4-6-14-16/h4,6,8,11H,2-3,5,7,9-10H2,1H3/t11-/m0/s1. The molecular formula is C13H19N3O3. The number of piperidine rings is 1. The second-order valence-electron chi connectivity index (χ2n) is 4.63. The molecule has 0 radical (unpaired) electrons. The van der Waals surface area contributed by atoms with Crippen molar-refractivity contribution in [1.82, 2.24) is 14.7 Å². The first kappa shape index (κ1) is 13.6. The van der Waals surface area contributed by atoms with E-state index in [0.717, 1.165) is 12.8 Å². The number of rotatable bonds is 4. The first-order valence-corrected chi connectivity index (χ1v) is 6.62. The van der Waals surface area contributed by atoms with E-state index in [4.69, 9.17) is 4.74 Å². The van der Waals surface area contributed by atoms with Crippen LogP contribution in [0.2, 0.25) is 0 Å². The molecule has 0 aliphatic carbocycles. The highest BCUT2D eigenvalue weighted by molar-refractivity contribution is 5.78. The second-order valence-corrected chi connectivity index (χ2v) is 4.63. The summed E-state index contributed by atoms with van der Waals surface area (Å²) in [5, 5.41) is 4.01. The maximum absolute atomic E-state index is 12.1. The molecule has 1 amide bonds. The fraction of sp³-hybridized carbons (Fsp3) is 0.615. The number of hydrogen-bond acceptors (Lipinski definition) is 4. The van der Waals surface area contributed by atoms with Crippen LogP contribution < -0.4 is 0 Å². The fourth-order valence-electron chi connectivity index (χ4n) is 2.29. The summed E-state index contributed by atoms with van der Waals surface area (Å²) in [7, 11) is 0. The maximum Gasteiger partial charge on any atom is 0.310 e. The Bertz CT molecular complexity index is 430. The number of ether oxygens (including phenoxy) is 1. The Hall–Kier alpha value is -1.85. The van der Waals surface area contributed by atoms with Crippen molar-refractivity contribution in [3.63, 3.8) is 0 Å². The lowest BCUT2D eigenvalue weighted by Gasteiger charge is -2.31. The van der Waals surface area contributed by atoms with Gasteiger partial charge in [0.25, 0.3) is 0 Å². The second kappa shape index (κ2) is 6.36. The Morgan fingerprint density at radius 2 is 2.32 bits per heavy atom. The van der Waals surface area contributed by atoms with Gasteiger partial charge in [0.1, 0.15) is 6.54 Å². The third-order valence-electron chi connectivity index (χ3n) is 3.25. The summed E-state index contributed by atoms with van der Waals surface area (Å²) < 4.78 is 6.61. The van der Waals surface area contributed by atoms with Gasteiger partial charge in [-0.15, -0.1) is 0 Å². The number of carbonyl (C=O) groups excluding carboxylic acids is 2. The SMILES string of the molecule is CCOC(=O)[C@H]1CCCN(C(=O)Cn2cccn2)C1. The van der Waals surface area contributed by atoms with Crippen LogP contribution in [0.25, 0.3) is 0 Å². The molecule has 1 aliphatic heterocycles. The Morgan fingerprint density at radius 3 is 3.00 bits per heavy atom. The minimum Gasteiger partial charge on any atom is -0.466 e. The van der Waals surface area contributed by atoms with Gasteiger partial charge in [-0.3, -0.25) is 14.3 Å². The van der Waals surface area contributed by atoms with Crippen molar-refractivity contribution in [2.24, 2.45) is 5.92 Å². The van der Waals surface area contributed by atoms with Gasteiger partial charge in [-0.1, -0.05) is 0 Å². The normalized spacial score (nSPS) is 19.2. The Balaban J connectivity index is 1.89. The zero-order chi connectivity index (χ0) is 13.7. The molecule has 2 rings (SSSR count). The lowest BCUT2D eigenvalue weighted by atomic mass is 9.98. The molecule has 0 aromatic carbocycles. The van der Waals surface area contributed by atoms with E-state index in [-0.39, 0.29) is 24.3 Å². The number of nitrogens with zero attached hydrogens (tertiary/aromatic N) is 3. The predicted octanol–water partition coefficient (Wildman–Crippen LogP) is 0.685. The van der Waals surface area contributed by atoms with Gasteiger partial charge < -0.3 is 9.64 Å². The van der Waals surface area contributed by atoms with E-state index < -0.39 is 0 Å². The van der Waals surface area contributed by atoms with Crippen molar-refractivity contribution in [3.8, 4) is 0 Å². The Morgan fingerprint density at radius 1 is 1.47 bits per heavy atom. The number of carbonyl (C=O) groups is 2. The summed E-state index contributed by atoms with van der Waals surface area (Å²) >= 11 is 0. The predicted molar refractivity (Wildman–Crippen MR) is 68.2 cm³/mol. The van der Waals surface area contributed by atoms with Crippen LogP contribution in [0, 0.1) is 5.92 Å². The largest absolute Gasteiger partial charge is 0.466 e. The van der Waals surface area contributed by atoms with Gasteiger partial charge in [0.2, 0.25) is 5.91 Å². The molecule has 2 heterocycles. The van der Waals surface area contributed by atoms with Crippen molar-refractivity contribution in [3.05, 3.63) is 18.5 Å². The average Bonchev–Trinajstić information content (AvgIpc) is 2.92. The van der Waals surface area contributed by atoms with Crippen molar-refractivity contribution in [2.75, 3.05) is 19.7 Å². The number of aromatic nitrogens is 2. The van der Waals surface area contributed by atoms with Crippen molar-refractivity contribution < 1.29 is 14.3 Å². The van der Waals surface area contributed by atoms with Gasteiger partial charge in [0.15, 0.2) is 0 Å². The highest BCUT2D eigenvalue weighted by Crippen LogP contribution is 2.18. The first-order valence-electron chi connectivity index (χ1n) is 6.62. The van der Waals surface area contributed by atoms with E-state index in [2.05, 4.69) is 5.10 Å². The molecule has 0 bridgehead atoms. The van der Waals surface area contributed by atoms with Crippen LogP contribution in [0.15, 0.2) is 18.5 Å². The summed E-state index contributed by atoms with van der Waals surface area (Å²) in [6.07, 6.45) is 5.04. The molecule has 1 aromatic rings. The molecule has 19 heavy (non-hydrogen) atoms. The van der Waals surface area contributed by atoms with Crippen LogP contribution in [-0.2, 0) is 20.9 Å². The van der Waals surface area contributed by atoms with E-state index in [1.54, 1.807) is 35.0 Å². The first-order chi connectivity index (χ1) is 9.20. The maximum atomic E-state index is 12.1. The average molecular weight is 265 g/mol. The number of amides is 1. The van der Waals surface area contributed by atoms with Crippen LogP contribution in [0.4, 0.5) is 0 Å². The minimum atomic E-state index is -0.195. The molecular weight excluding hydrogens is 246 g/mol. The summed E-state index contributed by atoms with van der Waals surface area (Å²) in [6, 6.07) is 1.78. The topological polar surface area (TPSA) is 64.4 Å². The van der Waals surface area contributed by atoms with Crippen LogP contribution in [0.3, 0.4) is 0 Å². The minimum absolute atomic E-state index is 0.00213. The van der Waals surface area contributed by atoms with E-state index in [1.807, 2.05) is 0 Å². The molecule has 104 valence electrons. The van der Waals surface area contributed by atoms with E-state index >= 15 is 0 Å². The number of esters is 1. The molecule has 6 heteroatoms. The molecule has 0 saturated carbocycles. The number of hydrogen-bond donors (Lipinski definition) is 0. The summed E-state index contributed by atoms with van der Waals surface area (Å²) in [4.78, 5) is 25.5. The quantitative estimate of drug-likeness (QED) is 0.751. The zero-order valence-corrected chi connectivity index (χ0v) is 11.1. The Labute approximate surface area is 112 Å². The zero-order valence-electron chi connectivity index (χ0n) is 11.1. The molecule has 0 spiro atoms. The van der Waals surface area contributed by atoms with Gasteiger partial charge in [-0.25, -0.2) is 0 Å². The van der Waals surface area contributed by atoms with Crippen LogP contribution >= 0.6 is 0 Å². The summed E-state index contributed by atoms with van der Waals surface area (Å²) in [6.45, 7) is 3.56. The van der Waals surface area contributed by atoms with Gasteiger partial charge >= 0.3 is 5.97 Å². The smallest absolute Gasteiger partial charge is 0.310 e. The van der Waals surface area contributed by atoms with E-state index in [0.29, 0.717) is 19.7 Å². The van der Waals surface area contributed by atoms with Crippen LogP contribution in [-0.4, -0.2) is 46.3 Å². The van der Waals surface area contributed by atoms with Crippen LogP contribution in [0.5, 0.6) is 0 Å². The monoisotopic (exact) mass is 265 g/mol. The van der Waals surface area contributed by atoms with Gasteiger partial charge in [-0.05, 0) is 25.8 Å². The molecule has 1 fully saturated rings. The molecule has 6 nitrogen and oxygen atoms in total. The molecule has 1 aromatic heterocycles. The summed E-state index contributed by atoms with van der Waals surface area (Å²) in [5.74, 6) is -0.382. The summed E-state index contributed by atoms with van der Waals surface area (Å²) in [5.41, 5.74) is 0. The van der Waals surface area contributed by atoms with Crippen molar-refractivity contribution in [2.45, 2.75) is 26.3 Å². The third-order valence-corrected chi connectivity index (χ3v) is 3.25. The van der Waals surface area contributed by atoms with Gasteiger partial charge in [0.05, 0.1) is 12.5 Å². The molecule has 1 aliphatic rings. The lowest BCUT2D eigenvalue weighted by Crippen LogP contribution is -2.44. The number of likely N-dealkylation sites (tertiary alicyclic amines) is 1. The fourth-order valence-corrected chi connectivity index (χ4v) is 2.29. The van der Waals surface area contributed by atoms with Crippen LogP contribution in [0.1, 0.15) is 19.8 Å². The Kier molecular flexibility index (Phi) is 4.54. The van der Waals surface area contributed by atoms with Crippen molar-refractivity contribution >= 4 is 11.9 Å². The van der Waals surface area contributed by atoms with Gasteiger partial charge in [-0.2, -0.15) is 5.10 Å². The highest BCUT2D eigenvalue weighted by atomic mass is 16.5. The molecule has 1 atom stereocenters. The lowest BCUT2D eigenvalue weighted by molar-refractivity contribution is -0.151. The highest BCUT2D eigenvalue weighted by Gasteiger charge is 2.29. The molecule has 0 N–H and O–H groups in total. The third kappa shape index (κ3) is 3.56. The molecule has 1 saturated heterocycles.